The van der Waals surface area contributed by atoms with E-state index in [9.17, 15) is 17.6 Å². The molecule has 1 saturated heterocycles. The number of sulfonamides is 1. The summed E-state index contributed by atoms with van der Waals surface area (Å²) in [6.07, 6.45) is 0. The first-order valence-corrected chi connectivity index (χ1v) is 11.3. The second-order valence-electron chi connectivity index (χ2n) is 6.55. The number of carbonyl (C=O) groups is 1. The van der Waals surface area contributed by atoms with Gasteiger partial charge in [-0.3, -0.25) is 4.79 Å². The monoisotopic (exact) mass is 431 g/mol. The molecule has 9 heteroatoms. The molecule has 1 aromatic heterocycles. The lowest BCUT2D eigenvalue weighted by Crippen LogP contribution is -2.50. The van der Waals surface area contributed by atoms with Crippen molar-refractivity contribution in [1.29, 1.82) is 0 Å². The zero-order valence-electron chi connectivity index (χ0n) is 15.4. The van der Waals surface area contributed by atoms with Crippen molar-refractivity contribution in [1.82, 2.24) is 14.2 Å². The molecule has 1 aliphatic rings. The van der Waals surface area contributed by atoms with Crippen molar-refractivity contribution in [3.63, 3.8) is 0 Å². The van der Waals surface area contributed by atoms with Gasteiger partial charge in [0, 0.05) is 37.1 Å². The van der Waals surface area contributed by atoms with Crippen molar-refractivity contribution in [2.75, 3.05) is 26.2 Å². The van der Waals surface area contributed by atoms with Crippen LogP contribution in [0.5, 0.6) is 0 Å². The molecule has 0 N–H and O–H groups in total. The van der Waals surface area contributed by atoms with Gasteiger partial charge in [0.2, 0.25) is 10.0 Å². The van der Waals surface area contributed by atoms with Crippen molar-refractivity contribution < 1.29 is 17.6 Å². The molecular formula is C20H18FN3O3S2. The summed E-state index contributed by atoms with van der Waals surface area (Å²) in [6, 6.07) is 14.4. The fourth-order valence-corrected chi connectivity index (χ4v) is 5.36. The van der Waals surface area contributed by atoms with E-state index in [0.29, 0.717) is 5.69 Å². The van der Waals surface area contributed by atoms with E-state index in [1.807, 2.05) is 30.3 Å². The normalized spacial score (nSPS) is 15.4. The van der Waals surface area contributed by atoms with E-state index >= 15 is 0 Å². The molecule has 0 spiro atoms. The lowest BCUT2D eigenvalue weighted by molar-refractivity contribution is 0.0693. The second-order valence-corrected chi connectivity index (χ2v) is 9.35. The number of aromatic nitrogens is 1. The predicted octanol–water partition coefficient (Wildman–Crippen LogP) is 3.10. The first-order valence-electron chi connectivity index (χ1n) is 9.01. The molecule has 2 aromatic carbocycles. The van der Waals surface area contributed by atoms with Crippen molar-refractivity contribution in [2.24, 2.45) is 0 Å². The summed E-state index contributed by atoms with van der Waals surface area (Å²) in [4.78, 5) is 18.9. The minimum atomic E-state index is -3.71. The van der Waals surface area contributed by atoms with Crippen LogP contribution < -0.4 is 0 Å². The maximum absolute atomic E-state index is 13.1. The first-order chi connectivity index (χ1) is 13.9. The van der Waals surface area contributed by atoms with Crippen LogP contribution in [0.1, 0.15) is 10.5 Å². The van der Waals surface area contributed by atoms with Crippen LogP contribution in [-0.2, 0) is 10.0 Å². The third-order valence-corrected chi connectivity index (χ3v) is 7.53. The Morgan fingerprint density at radius 2 is 1.62 bits per heavy atom. The molecule has 0 radical (unpaired) electrons. The lowest BCUT2D eigenvalue weighted by atomic mass is 10.2. The van der Waals surface area contributed by atoms with E-state index in [4.69, 9.17) is 0 Å². The molecule has 3 aromatic rings. The third kappa shape index (κ3) is 4.07. The number of halogens is 1. The Labute approximate surface area is 172 Å². The van der Waals surface area contributed by atoms with Crippen LogP contribution in [0.4, 0.5) is 4.39 Å². The second kappa shape index (κ2) is 8.02. The van der Waals surface area contributed by atoms with Crippen LogP contribution >= 0.6 is 11.3 Å². The Morgan fingerprint density at radius 3 is 2.28 bits per heavy atom. The fourth-order valence-electron chi connectivity index (χ4n) is 3.13. The summed E-state index contributed by atoms with van der Waals surface area (Å²) in [6.45, 7) is 0.914. The Balaban J connectivity index is 1.42. The highest BCUT2D eigenvalue weighted by molar-refractivity contribution is 7.89. The molecule has 0 saturated carbocycles. The van der Waals surface area contributed by atoms with Gasteiger partial charge >= 0.3 is 0 Å². The van der Waals surface area contributed by atoms with Gasteiger partial charge in [-0.2, -0.15) is 4.31 Å². The number of hydrogen-bond acceptors (Lipinski definition) is 5. The first kappa shape index (κ1) is 19.7. The molecule has 29 heavy (non-hydrogen) atoms. The smallest absolute Gasteiger partial charge is 0.273 e. The van der Waals surface area contributed by atoms with E-state index in [1.165, 1.54) is 27.8 Å². The summed E-state index contributed by atoms with van der Waals surface area (Å²) in [5, 5.41) is 2.50. The molecule has 1 amide bonds. The van der Waals surface area contributed by atoms with E-state index < -0.39 is 15.8 Å². The van der Waals surface area contributed by atoms with Crippen molar-refractivity contribution in [3.8, 4) is 10.6 Å². The number of amides is 1. The average molecular weight is 432 g/mol. The minimum absolute atomic E-state index is 0.0469. The zero-order chi connectivity index (χ0) is 20.4. The standard InChI is InChI=1S/C20H18FN3O3S2/c21-16-6-8-17(9-7-16)29(26,27)24-12-10-23(11-13-24)20(25)18-14-28-19(22-18)15-4-2-1-3-5-15/h1-9,14H,10-13H2. The molecule has 4 rings (SSSR count). The van der Waals surface area contributed by atoms with Crippen molar-refractivity contribution in [3.05, 3.63) is 71.5 Å². The molecular weight excluding hydrogens is 413 g/mol. The van der Waals surface area contributed by atoms with Crippen LogP contribution in [0, 0.1) is 5.82 Å². The summed E-state index contributed by atoms with van der Waals surface area (Å²) in [5.41, 5.74) is 1.32. The van der Waals surface area contributed by atoms with E-state index in [2.05, 4.69) is 4.98 Å². The van der Waals surface area contributed by atoms with Gasteiger partial charge in [0.25, 0.3) is 5.91 Å². The van der Waals surface area contributed by atoms with Crippen LogP contribution in [-0.4, -0.2) is 54.7 Å². The molecule has 2 heterocycles. The van der Waals surface area contributed by atoms with Crippen LogP contribution in [0.25, 0.3) is 10.6 Å². The molecule has 0 aliphatic carbocycles. The number of hydrogen-bond donors (Lipinski definition) is 0. The average Bonchev–Trinajstić information content (AvgIpc) is 3.24. The molecule has 1 fully saturated rings. The van der Waals surface area contributed by atoms with Crippen molar-refractivity contribution >= 4 is 27.3 Å². The molecule has 0 bridgehead atoms. The molecule has 0 unspecified atom stereocenters. The largest absolute Gasteiger partial charge is 0.335 e. The zero-order valence-corrected chi connectivity index (χ0v) is 17.0. The highest BCUT2D eigenvalue weighted by Gasteiger charge is 2.31. The highest BCUT2D eigenvalue weighted by atomic mass is 32.2. The number of benzene rings is 2. The maximum atomic E-state index is 13.1. The Kier molecular flexibility index (Phi) is 5.44. The number of rotatable bonds is 4. The maximum Gasteiger partial charge on any atom is 0.273 e. The van der Waals surface area contributed by atoms with Crippen LogP contribution in [0.2, 0.25) is 0 Å². The van der Waals surface area contributed by atoms with E-state index in [0.717, 1.165) is 22.7 Å². The van der Waals surface area contributed by atoms with Crippen molar-refractivity contribution in [2.45, 2.75) is 4.90 Å². The predicted molar refractivity (Wildman–Crippen MR) is 109 cm³/mol. The van der Waals surface area contributed by atoms with Gasteiger partial charge in [0.15, 0.2) is 0 Å². The van der Waals surface area contributed by atoms with Gasteiger partial charge in [-0.15, -0.1) is 11.3 Å². The van der Waals surface area contributed by atoms with E-state index in [1.54, 1.807) is 10.3 Å². The summed E-state index contributed by atoms with van der Waals surface area (Å²) in [7, 11) is -3.71. The van der Waals surface area contributed by atoms with Gasteiger partial charge in [0.1, 0.15) is 16.5 Å². The molecule has 1 aliphatic heterocycles. The summed E-state index contributed by atoms with van der Waals surface area (Å²) < 4.78 is 39.8. The Hall–Kier alpha value is -2.62. The highest BCUT2D eigenvalue weighted by Crippen LogP contribution is 2.24. The van der Waals surface area contributed by atoms with Gasteiger partial charge in [-0.1, -0.05) is 30.3 Å². The summed E-state index contributed by atoms with van der Waals surface area (Å²) >= 11 is 1.40. The quantitative estimate of drug-likeness (QED) is 0.637. The topological polar surface area (TPSA) is 70.6 Å². The Morgan fingerprint density at radius 1 is 0.966 bits per heavy atom. The number of carbonyl (C=O) groups excluding carboxylic acids is 1. The molecule has 6 nitrogen and oxygen atoms in total. The third-order valence-electron chi connectivity index (χ3n) is 4.72. The Bertz CT molecular complexity index is 1110. The van der Waals surface area contributed by atoms with Crippen LogP contribution in [0.15, 0.2) is 64.9 Å². The van der Waals surface area contributed by atoms with Gasteiger partial charge in [0.05, 0.1) is 4.90 Å². The number of nitrogens with zero attached hydrogens (tertiary/aromatic N) is 3. The number of piperazine rings is 1. The van der Waals surface area contributed by atoms with Gasteiger partial charge in [-0.05, 0) is 24.3 Å². The SMILES string of the molecule is O=C(c1csc(-c2ccccc2)n1)N1CCN(S(=O)(=O)c2ccc(F)cc2)CC1. The fraction of sp³-hybridized carbons (Fsp3) is 0.200. The van der Waals surface area contributed by atoms with Crippen LogP contribution in [0.3, 0.4) is 0 Å². The molecule has 0 atom stereocenters. The van der Waals surface area contributed by atoms with Gasteiger partial charge in [-0.25, -0.2) is 17.8 Å². The lowest BCUT2D eigenvalue weighted by Gasteiger charge is -2.33. The molecule has 150 valence electrons. The van der Waals surface area contributed by atoms with E-state index in [-0.39, 0.29) is 37.0 Å². The number of thiazole rings is 1. The summed E-state index contributed by atoms with van der Waals surface area (Å²) in [5.74, 6) is -0.695. The minimum Gasteiger partial charge on any atom is -0.335 e. The van der Waals surface area contributed by atoms with Gasteiger partial charge < -0.3 is 4.90 Å².